The van der Waals surface area contributed by atoms with Crippen LogP contribution in [0.1, 0.15) is 22.5 Å². The molecule has 0 radical (unpaired) electrons. The number of aryl methyl sites for hydroxylation is 2. The number of nitriles is 2. The van der Waals surface area contributed by atoms with Crippen LogP contribution >= 0.6 is 0 Å². The number of benzene rings is 2. The van der Waals surface area contributed by atoms with Crippen molar-refractivity contribution in [1.82, 2.24) is 14.3 Å². The van der Waals surface area contributed by atoms with Crippen LogP contribution in [0.25, 0.3) is 22.9 Å². The first-order chi connectivity index (χ1) is 17.8. The summed E-state index contributed by atoms with van der Waals surface area (Å²) < 4.78 is 39.5. The van der Waals surface area contributed by atoms with Crippen molar-refractivity contribution in [3.8, 4) is 35.0 Å². The lowest BCUT2D eigenvalue weighted by atomic mass is 10.1. The summed E-state index contributed by atoms with van der Waals surface area (Å²) in [5, 5.41) is 18.7. The molecule has 0 unspecified atom stereocenters. The van der Waals surface area contributed by atoms with E-state index in [9.17, 15) is 18.9 Å². The average molecular weight is 515 g/mol. The SMILES string of the molecule is Cc1ccc(-c2nc(C#N)c(N3CCN(S(=O)(=O)c4oc(-c5ccc(C)cc5)nc4C#N)CC3)o2)cc1. The third-order valence-electron chi connectivity index (χ3n) is 6.11. The van der Waals surface area contributed by atoms with E-state index in [-0.39, 0.29) is 43.5 Å². The third-order valence-corrected chi connectivity index (χ3v) is 7.90. The van der Waals surface area contributed by atoms with Crippen LogP contribution in [0.3, 0.4) is 0 Å². The van der Waals surface area contributed by atoms with Gasteiger partial charge in [-0.2, -0.15) is 24.8 Å². The molecule has 4 aromatic rings. The van der Waals surface area contributed by atoms with Crippen LogP contribution in [-0.4, -0.2) is 48.9 Å². The maximum atomic E-state index is 13.4. The van der Waals surface area contributed by atoms with E-state index in [4.69, 9.17) is 8.83 Å². The molecule has 1 aliphatic rings. The molecule has 10 nitrogen and oxygen atoms in total. The zero-order valence-corrected chi connectivity index (χ0v) is 21.0. The maximum absolute atomic E-state index is 13.4. The van der Waals surface area contributed by atoms with Gasteiger partial charge in [-0.25, -0.2) is 8.42 Å². The van der Waals surface area contributed by atoms with Gasteiger partial charge in [-0.05, 0) is 38.1 Å². The number of nitrogens with zero attached hydrogens (tertiary/aromatic N) is 6. The number of rotatable bonds is 5. The first-order valence-electron chi connectivity index (χ1n) is 11.5. The van der Waals surface area contributed by atoms with Crippen LogP contribution in [0.15, 0.2) is 62.5 Å². The molecule has 1 aliphatic heterocycles. The monoisotopic (exact) mass is 514 g/mol. The van der Waals surface area contributed by atoms with Crippen molar-refractivity contribution in [2.24, 2.45) is 0 Å². The molecule has 1 saturated heterocycles. The maximum Gasteiger partial charge on any atom is 0.279 e. The second-order valence-electron chi connectivity index (χ2n) is 8.67. The van der Waals surface area contributed by atoms with E-state index in [0.29, 0.717) is 17.3 Å². The number of hydrogen-bond acceptors (Lipinski definition) is 9. The van der Waals surface area contributed by atoms with Crippen molar-refractivity contribution in [2.45, 2.75) is 18.9 Å². The minimum Gasteiger partial charge on any atom is -0.422 e. The van der Waals surface area contributed by atoms with E-state index in [0.717, 1.165) is 16.7 Å². The van der Waals surface area contributed by atoms with Crippen LogP contribution in [0, 0.1) is 36.5 Å². The Kier molecular flexibility index (Phi) is 6.25. The lowest BCUT2D eigenvalue weighted by Gasteiger charge is -2.33. The highest BCUT2D eigenvalue weighted by Gasteiger charge is 2.36. The van der Waals surface area contributed by atoms with Crippen LogP contribution in [0.5, 0.6) is 0 Å². The van der Waals surface area contributed by atoms with Crippen molar-refractivity contribution in [1.29, 1.82) is 10.5 Å². The van der Waals surface area contributed by atoms with Crippen molar-refractivity contribution in [3.05, 3.63) is 71.0 Å². The molecule has 2 aromatic carbocycles. The molecule has 0 spiro atoms. The Morgan fingerprint density at radius 2 is 1.24 bits per heavy atom. The molecule has 1 fully saturated rings. The number of oxazole rings is 2. The van der Waals surface area contributed by atoms with E-state index < -0.39 is 15.1 Å². The second-order valence-corrected chi connectivity index (χ2v) is 10.5. The van der Waals surface area contributed by atoms with E-state index in [1.807, 2.05) is 56.3 Å². The summed E-state index contributed by atoms with van der Waals surface area (Å²) in [5.74, 6) is 0.692. The fourth-order valence-corrected chi connectivity index (χ4v) is 5.44. The van der Waals surface area contributed by atoms with E-state index >= 15 is 0 Å². The van der Waals surface area contributed by atoms with Gasteiger partial charge in [0.2, 0.25) is 23.4 Å². The Hall–Kier alpha value is -4.45. The molecule has 186 valence electrons. The third kappa shape index (κ3) is 4.58. The predicted molar refractivity (Wildman–Crippen MR) is 134 cm³/mol. The summed E-state index contributed by atoms with van der Waals surface area (Å²) in [6.07, 6.45) is 0. The number of piperazine rings is 1. The Morgan fingerprint density at radius 3 is 1.76 bits per heavy atom. The Morgan fingerprint density at radius 1 is 0.757 bits per heavy atom. The highest BCUT2D eigenvalue weighted by atomic mass is 32.2. The van der Waals surface area contributed by atoms with Crippen molar-refractivity contribution in [2.75, 3.05) is 31.1 Å². The molecule has 0 amide bonds. The number of hydrogen-bond donors (Lipinski definition) is 0. The lowest BCUT2D eigenvalue weighted by Crippen LogP contribution is -2.48. The van der Waals surface area contributed by atoms with Crippen molar-refractivity contribution < 1.29 is 17.3 Å². The largest absolute Gasteiger partial charge is 0.422 e. The molecular weight excluding hydrogens is 492 g/mol. The summed E-state index contributed by atoms with van der Waals surface area (Å²) >= 11 is 0. The summed E-state index contributed by atoms with van der Waals surface area (Å²) in [5.41, 5.74) is 3.28. The summed E-state index contributed by atoms with van der Waals surface area (Å²) in [4.78, 5) is 10.2. The van der Waals surface area contributed by atoms with Crippen molar-refractivity contribution >= 4 is 15.9 Å². The van der Waals surface area contributed by atoms with Gasteiger partial charge in [0, 0.05) is 37.3 Å². The highest BCUT2D eigenvalue weighted by Crippen LogP contribution is 2.31. The minimum absolute atomic E-state index is 0.0673. The Bertz CT molecular complexity index is 1630. The van der Waals surface area contributed by atoms with Crippen LogP contribution < -0.4 is 4.90 Å². The summed E-state index contributed by atoms with van der Waals surface area (Å²) in [6.45, 7) is 4.62. The minimum atomic E-state index is -4.12. The highest BCUT2D eigenvalue weighted by molar-refractivity contribution is 7.89. The van der Waals surface area contributed by atoms with Crippen LogP contribution in [0.2, 0.25) is 0 Å². The molecule has 0 aliphatic carbocycles. The van der Waals surface area contributed by atoms with Gasteiger partial charge in [0.25, 0.3) is 15.1 Å². The standard InChI is InChI=1S/C26H22N6O4S/c1-17-3-7-19(8-4-17)23-29-21(15-27)25(35-23)31-11-13-32(14-12-31)37(33,34)26-22(16-28)30-24(36-26)20-9-5-18(2)6-10-20/h3-10H,11-14H2,1-2H3. The number of sulfonamides is 1. The molecule has 11 heteroatoms. The molecule has 0 saturated carbocycles. The van der Waals surface area contributed by atoms with E-state index in [1.54, 1.807) is 17.0 Å². The molecular formula is C26H22N6O4S. The molecule has 0 atom stereocenters. The van der Waals surface area contributed by atoms with Gasteiger partial charge >= 0.3 is 0 Å². The first-order valence-corrected chi connectivity index (χ1v) is 12.9. The normalized spacial score (nSPS) is 14.3. The topological polar surface area (TPSA) is 140 Å². The van der Waals surface area contributed by atoms with Gasteiger partial charge in [-0.15, -0.1) is 0 Å². The molecule has 5 rings (SSSR count). The molecule has 37 heavy (non-hydrogen) atoms. The van der Waals surface area contributed by atoms with E-state index in [1.165, 1.54) is 4.31 Å². The van der Waals surface area contributed by atoms with Gasteiger partial charge in [-0.1, -0.05) is 35.4 Å². The zero-order chi connectivity index (χ0) is 26.2. The predicted octanol–water partition coefficient (Wildman–Crippen LogP) is 3.87. The quantitative estimate of drug-likeness (QED) is 0.388. The fraction of sp³-hybridized carbons (Fsp3) is 0.231. The van der Waals surface area contributed by atoms with Gasteiger partial charge < -0.3 is 13.7 Å². The second kappa shape index (κ2) is 9.54. The van der Waals surface area contributed by atoms with Gasteiger partial charge in [0.1, 0.15) is 12.1 Å². The molecule has 2 aromatic heterocycles. The van der Waals surface area contributed by atoms with Crippen LogP contribution in [-0.2, 0) is 10.0 Å². The summed E-state index contributed by atoms with van der Waals surface area (Å²) in [6, 6.07) is 18.7. The lowest BCUT2D eigenvalue weighted by molar-refractivity contribution is 0.356. The molecule has 0 bridgehead atoms. The summed E-state index contributed by atoms with van der Waals surface area (Å²) in [7, 11) is -4.12. The fourth-order valence-electron chi connectivity index (χ4n) is 4.04. The molecule has 0 N–H and O–H groups in total. The van der Waals surface area contributed by atoms with E-state index in [2.05, 4.69) is 16.0 Å². The Balaban J connectivity index is 1.36. The first kappa shape index (κ1) is 24.3. The van der Waals surface area contributed by atoms with Crippen molar-refractivity contribution in [3.63, 3.8) is 0 Å². The number of anilines is 1. The van der Waals surface area contributed by atoms with Crippen LogP contribution in [0.4, 0.5) is 5.88 Å². The van der Waals surface area contributed by atoms with Gasteiger partial charge in [0.05, 0.1) is 0 Å². The number of aromatic nitrogens is 2. The average Bonchev–Trinajstić information content (AvgIpc) is 3.55. The molecule has 3 heterocycles. The zero-order valence-electron chi connectivity index (χ0n) is 20.2. The Labute approximate surface area is 214 Å². The van der Waals surface area contributed by atoms with Gasteiger partial charge in [0.15, 0.2) is 5.69 Å². The van der Waals surface area contributed by atoms with Gasteiger partial charge in [-0.3, -0.25) is 0 Å². The smallest absolute Gasteiger partial charge is 0.279 e.